The number of nitrogens with zero attached hydrogens (tertiary/aromatic N) is 2. The van der Waals surface area contributed by atoms with Gasteiger partial charge in [-0.15, -0.1) is 0 Å². The van der Waals surface area contributed by atoms with Crippen LogP contribution in [0.3, 0.4) is 0 Å². The van der Waals surface area contributed by atoms with E-state index in [1.165, 1.54) is 0 Å². The van der Waals surface area contributed by atoms with Crippen molar-refractivity contribution in [2.45, 2.75) is 40.5 Å². The SMILES string of the molecule is CC(C)CCOc1cccc(C(=O)N2CCN(C(=O)c3cccc(OCCC(C)C)c3)CC2)c1. The second-order valence-corrected chi connectivity index (χ2v) is 9.70. The van der Waals surface area contributed by atoms with E-state index in [1.807, 2.05) is 58.3 Å². The number of carbonyl (C=O) groups excluding carboxylic acids is 2. The Kier molecular flexibility index (Phi) is 9.37. The van der Waals surface area contributed by atoms with Gasteiger partial charge in [-0.25, -0.2) is 0 Å². The average molecular weight is 467 g/mol. The molecule has 0 N–H and O–H groups in total. The number of benzene rings is 2. The van der Waals surface area contributed by atoms with Crippen molar-refractivity contribution in [1.29, 1.82) is 0 Å². The molecule has 2 aromatic carbocycles. The maximum atomic E-state index is 13.0. The van der Waals surface area contributed by atoms with Gasteiger partial charge in [0.25, 0.3) is 11.8 Å². The number of amides is 2. The first-order valence-electron chi connectivity index (χ1n) is 12.4. The van der Waals surface area contributed by atoms with Gasteiger partial charge < -0.3 is 19.3 Å². The molecule has 1 aliphatic rings. The number of hydrogen-bond acceptors (Lipinski definition) is 4. The van der Waals surface area contributed by atoms with Crippen LogP contribution in [0, 0.1) is 11.8 Å². The van der Waals surface area contributed by atoms with Crippen molar-refractivity contribution in [1.82, 2.24) is 9.80 Å². The minimum atomic E-state index is -0.0260. The normalized spacial score (nSPS) is 13.9. The number of ether oxygens (including phenoxy) is 2. The van der Waals surface area contributed by atoms with Crippen molar-refractivity contribution in [2.75, 3.05) is 39.4 Å². The maximum absolute atomic E-state index is 13.0. The highest BCUT2D eigenvalue weighted by atomic mass is 16.5. The molecule has 1 aliphatic heterocycles. The van der Waals surface area contributed by atoms with Crippen LogP contribution in [-0.2, 0) is 0 Å². The number of hydrogen-bond donors (Lipinski definition) is 0. The van der Waals surface area contributed by atoms with Crippen LogP contribution in [0.4, 0.5) is 0 Å². The van der Waals surface area contributed by atoms with Gasteiger partial charge in [-0.2, -0.15) is 0 Å². The van der Waals surface area contributed by atoms with E-state index in [9.17, 15) is 9.59 Å². The average Bonchev–Trinajstić information content (AvgIpc) is 2.83. The lowest BCUT2D eigenvalue weighted by molar-refractivity contribution is 0.0535. The van der Waals surface area contributed by atoms with E-state index >= 15 is 0 Å². The van der Waals surface area contributed by atoms with Crippen LogP contribution in [0.2, 0.25) is 0 Å². The molecule has 0 aliphatic carbocycles. The van der Waals surface area contributed by atoms with Crippen LogP contribution in [0.15, 0.2) is 48.5 Å². The fraction of sp³-hybridized carbons (Fsp3) is 0.500. The van der Waals surface area contributed by atoms with Crippen LogP contribution < -0.4 is 9.47 Å². The van der Waals surface area contributed by atoms with Crippen LogP contribution in [0.1, 0.15) is 61.3 Å². The summed E-state index contributed by atoms with van der Waals surface area (Å²) in [6, 6.07) is 14.7. The fourth-order valence-electron chi connectivity index (χ4n) is 3.74. The summed E-state index contributed by atoms with van der Waals surface area (Å²) in [5.74, 6) is 2.53. The fourth-order valence-corrected chi connectivity index (χ4v) is 3.74. The third kappa shape index (κ3) is 7.51. The van der Waals surface area contributed by atoms with Gasteiger partial charge in [0, 0.05) is 37.3 Å². The zero-order valence-corrected chi connectivity index (χ0v) is 21.0. The van der Waals surface area contributed by atoms with Gasteiger partial charge in [0.05, 0.1) is 13.2 Å². The van der Waals surface area contributed by atoms with Crippen molar-refractivity contribution in [2.24, 2.45) is 11.8 Å². The summed E-state index contributed by atoms with van der Waals surface area (Å²) in [6.45, 7) is 11.9. The number of carbonyl (C=O) groups is 2. The van der Waals surface area contributed by atoms with Crippen molar-refractivity contribution >= 4 is 11.8 Å². The van der Waals surface area contributed by atoms with Crippen molar-refractivity contribution in [3.8, 4) is 11.5 Å². The molecule has 34 heavy (non-hydrogen) atoms. The molecule has 0 unspecified atom stereocenters. The Bertz CT molecular complexity index is 871. The Morgan fingerprint density at radius 3 is 1.44 bits per heavy atom. The third-order valence-corrected chi connectivity index (χ3v) is 5.94. The van der Waals surface area contributed by atoms with E-state index < -0.39 is 0 Å². The minimum Gasteiger partial charge on any atom is -0.494 e. The molecule has 0 atom stereocenters. The molecule has 0 bridgehead atoms. The van der Waals surface area contributed by atoms with Gasteiger partial charge in [-0.05, 0) is 61.1 Å². The molecule has 0 saturated carbocycles. The molecular weight excluding hydrogens is 428 g/mol. The van der Waals surface area contributed by atoms with E-state index in [0.717, 1.165) is 24.3 Å². The standard InChI is InChI=1S/C28H38N2O4/c1-21(2)11-17-33-25-9-5-7-23(19-25)27(31)29-13-15-30(16-14-29)28(32)24-8-6-10-26(20-24)34-18-12-22(3)4/h5-10,19-22H,11-18H2,1-4H3. The minimum absolute atomic E-state index is 0.0260. The van der Waals surface area contributed by atoms with Crippen molar-refractivity contribution in [3.63, 3.8) is 0 Å². The summed E-state index contributed by atoms with van der Waals surface area (Å²) in [4.78, 5) is 29.7. The number of rotatable bonds is 10. The second-order valence-electron chi connectivity index (χ2n) is 9.70. The second kappa shape index (κ2) is 12.4. The third-order valence-electron chi connectivity index (χ3n) is 5.94. The zero-order chi connectivity index (χ0) is 24.5. The summed E-state index contributed by atoms with van der Waals surface area (Å²) in [5.41, 5.74) is 1.24. The first kappa shape index (κ1) is 25.6. The van der Waals surface area contributed by atoms with Gasteiger partial charge in [-0.1, -0.05) is 39.8 Å². The Morgan fingerprint density at radius 2 is 1.09 bits per heavy atom. The Hall–Kier alpha value is -3.02. The molecule has 6 nitrogen and oxygen atoms in total. The van der Waals surface area contributed by atoms with Crippen LogP contribution in [-0.4, -0.2) is 61.0 Å². The van der Waals surface area contributed by atoms with E-state index in [-0.39, 0.29) is 11.8 Å². The summed E-state index contributed by atoms with van der Waals surface area (Å²) in [7, 11) is 0. The van der Waals surface area contributed by atoms with Crippen LogP contribution in [0.5, 0.6) is 11.5 Å². The zero-order valence-electron chi connectivity index (χ0n) is 21.0. The molecule has 1 heterocycles. The van der Waals surface area contributed by atoms with E-state index in [1.54, 1.807) is 0 Å². The molecule has 2 aromatic rings. The predicted octanol–water partition coefficient (Wildman–Crippen LogP) is 5.13. The lowest BCUT2D eigenvalue weighted by Gasteiger charge is -2.35. The first-order valence-corrected chi connectivity index (χ1v) is 12.4. The molecule has 184 valence electrons. The van der Waals surface area contributed by atoms with Gasteiger partial charge in [-0.3, -0.25) is 9.59 Å². The summed E-state index contributed by atoms with van der Waals surface area (Å²) < 4.78 is 11.6. The summed E-state index contributed by atoms with van der Waals surface area (Å²) in [5, 5.41) is 0. The lowest BCUT2D eigenvalue weighted by atomic mass is 10.1. The van der Waals surface area contributed by atoms with Crippen LogP contribution in [0.25, 0.3) is 0 Å². The Morgan fingerprint density at radius 1 is 0.706 bits per heavy atom. The Balaban J connectivity index is 1.53. The van der Waals surface area contributed by atoms with Gasteiger partial charge in [0.15, 0.2) is 0 Å². The largest absolute Gasteiger partial charge is 0.494 e. The van der Waals surface area contributed by atoms with E-state index in [2.05, 4.69) is 27.7 Å². The first-order chi connectivity index (χ1) is 16.3. The molecule has 6 heteroatoms. The van der Waals surface area contributed by atoms with Gasteiger partial charge >= 0.3 is 0 Å². The molecule has 3 rings (SSSR count). The molecule has 0 radical (unpaired) electrons. The molecule has 0 spiro atoms. The monoisotopic (exact) mass is 466 g/mol. The van der Waals surface area contributed by atoms with Crippen molar-refractivity contribution in [3.05, 3.63) is 59.7 Å². The maximum Gasteiger partial charge on any atom is 0.254 e. The highest BCUT2D eigenvalue weighted by Gasteiger charge is 2.26. The summed E-state index contributed by atoms with van der Waals surface area (Å²) in [6.07, 6.45) is 1.95. The smallest absolute Gasteiger partial charge is 0.254 e. The van der Waals surface area contributed by atoms with E-state index in [0.29, 0.717) is 62.4 Å². The lowest BCUT2D eigenvalue weighted by Crippen LogP contribution is -2.50. The molecular formula is C28H38N2O4. The molecule has 1 fully saturated rings. The summed E-state index contributed by atoms with van der Waals surface area (Å²) >= 11 is 0. The van der Waals surface area contributed by atoms with Gasteiger partial charge in [0.2, 0.25) is 0 Å². The quantitative estimate of drug-likeness (QED) is 0.487. The molecule has 2 amide bonds. The highest BCUT2D eigenvalue weighted by molar-refractivity contribution is 5.96. The van der Waals surface area contributed by atoms with Gasteiger partial charge in [0.1, 0.15) is 11.5 Å². The predicted molar refractivity (Wildman–Crippen MR) is 135 cm³/mol. The highest BCUT2D eigenvalue weighted by Crippen LogP contribution is 2.19. The van der Waals surface area contributed by atoms with Crippen LogP contribution >= 0.6 is 0 Å². The topological polar surface area (TPSA) is 59.1 Å². The van der Waals surface area contributed by atoms with E-state index in [4.69, 9.17) is 9.47 Å². The van der Waals surface area contributed by atoms with Crippen molar-refractivity contribution < 1.29 is 19.1 Å². The number of piperazine rings is 1. The molecule has 0 aromatic heterocycles. The Labute approximate surface area is 203 Å². The molecule has 1 saturated heterocycles.